The third-order valence-corrected chi connectivity index (χ3v) is 4.41. The van der Waals surface area contributed by atoms with E-state index < -0.39 is 11.6 Å². The number of rotatable bonds is 1. The molecule has 0 bridgehead atoms. The largest absolute Gasteiger partial charge is 0.505 e. The summed E-state index contributed by atoms with van der Waals surface area (Å²) in [6, 6.07) is 3.55. The van der Waals surface area contributed by atoms with E-state index in [2.05, 4.69) is 10.3 Å². The zero-order valence-corrected chi connectivity index (χ0v) is 12.2. The van der Waals surface area contributed by atoms with E-state index in [4.69, 9.17) is 4.74 Å². The van der Waals surface area contributed by atoms with Gasteiger partial charge in [0.2, 0.25) is 0 Å². The molecule has 0 radical (unpaired) electrons. The fourth-order valence-corrected chi connectivity index (χ4v) is 3.19. The number of hydrogen-bond donors (Lipinski definition) is 1. The Balaban J connectivity index is 1.57. The number of ether oxygens (including phenoxy) is 1. The van der Waals surface area contributed by atoms with Crippen LogP contribution in [0.15, 0.2) is 24.4 Å². The van der Waals surface area contributed by atoms with Crippen LogP contribution in [-0.2, 0) is 11.3 Å². The summed E-state index contributed by atoms with van der Waals surface area (Å²) >= 11 is 0. The normalized spacial score (nSPS) is 23.3. The summed E-state index contributed by atoms with van der Waals surface area (Å²) in [6.07, 6.45) is 2.37. The van der Waals surface area contributed by atoms with Gasteiger partial charge in [0.15, 0.2) is 11.6 Å². The maximum absolute atomic E-state index is 13.1. The minimum absolute atomic E-state index is 0.00914. The number of phenols is 1. The lowest BCUT2D eigenvalue weighted by Gasteiger charge is -2.41. The number of likely N-dealkylation sites (tertiary alicyclic amines) is 1. The summed E-state index contributed by atoms with van der Waals surface area (Å²) in [6.45, 7) is 1.47. The molecule has 120 valence electrons. The van der Waals surface area contributed by atoms with Crippen molar-refractivity contribution in [2.24, 2.45) is 0 Å². The molecule has 23 heavy (non-hydrogen) atoms. The van der Waals surface area contributed by atoms with Gasteiger partial charge >= 0.3 is 0 Å². The highest BCUT2D eigenvalue weighted by molar-refractivity contribution is 5.94. The third-order valence-electron chi connectivity index (χ3n) is 4.41. The lowest BCUT2D eigenvalue weighted by atomic mass is 9.99. The molecule has 7 nitrogen and oxygen atoms in total. The molecule has 0 aliphatic carbocycles. The molecule has 1 N–H and O–H groups in total. The van der Waals surface area contributed by atoms with Crippen molar-refractivity contribution in [3.63, 3.8) is 0 Å². The summed E-state index contributed by atoms with van der Waals surface area (Å²) < 4.78 is 20.8. The van der Waals surface area contributed by atoms with Gasteiger partial charge in [-0.15, -0.1) is 5.10 Å². The first-order valence-corrected chi connectivity index (χ1v) is 7.42. The van der Waals surface area contributed by atoms with E-state index in [0.717, 1.165) is 17.8 Å². The highest BCUT2D eigenvalue weighted by Crippen LogP contribution is 2.31. The van der Waals surface area contributed by atoms with Crippen LogP contribution in [0, 0.1) is 5.82 Å². The summed E-state index contributed by atoms with van der Waals surface area (Å²) in [4.78, 5) is 14.3. The number of phenolic OH excluding ortho intramolecular Hbond substituents is 1. The molecule has 8 heteroatoms. The van der Waals surface area contributed by atoms with Crippen LogP contribution in [0.5, 0.6) is 5.75 Å². The number of carbonyl (C=O) groups is 1. The Hall–Kier alpha value is -2.48. The average molecular weight is 318 g/mol. The third kappa shape index (κ3) is 2.35. The SMILES string of the molecule is O=C(c1ccc(F)c(O)c1)N1CC[C@H]2OCc3cnnn3[C@H]2C1. The van der Waals surface area contributed by atoms with Crippen molar-refractivity contribution < 1.29 is 19.0 Å². The standard InChI is InChI=1S/C15H15FN4O3/c16-11-2-1-9(5-13(11)21)15(22)19-4-3-14-12(7-19)20-10(8-23-14)6-17-18-20/h1-2,5-6,12,14,21H,3-4,7-8H2/t12-,14+/m0/s1. The van der Waals surface area contributed by atoms with E-state index in [1.807, 2.05) is 4.68 Å². The second-order valence-corrected chi connectivity index (χ2v) is 5.79. The Kier molecular flexibility index (Phi) is 3.26. The van der Waals surface area contributed by atoms with Crippen molar-refractivity contribution in [3.8, 4) is 5.75 Å². The molecule has 0 spiro atoms. The van der Waals surface area contributed by atoms with E-state index in [0.29, 0.717) is 26.1 Å². The summed E-state index contributed by atoms with van der Waals surface area (Å²) in [5, 5.41) is 17.4. The Morgan fingerprint density at radius 2 is 2.30 bits per heavy atom. The maximum Gasteiger partial charge on any atom is 0.254 e. The number of nitrogens with zero attached hydrogens (tertiary/aromatic N) is 4. The van der Waals surface area contributed by atoms with Gasteiger partial charge in [0.05, 0.1) is 30.6 Å². The lowest BCUT2D eigenvalue weighted by Crippen LogP contribution is -2.49. The minimum Gasteiger partial charge on any atom is -0.505 e. The van der Waals surface area contributed by atoms with Crippen LogP contribution in [0.2, 0.25) is 0 Å². The summed E-state index contributed by atoms with van der Waals surface area (Å²) in [5.74, 6) is -1.51. The predicted molar refractivity (Wildman–Crippen MR) is 76.2 cm³/mol. The smallest absolute Gasteiger partial charge is 0.254 e. The Morgan fingerprint density at radius 1 is 1.43 bits per heavy atom. The fourth-order valence-electron chi connectivity index (χ4n) is 3.19. The highest BCUT2D eigenvalue weighted by Gasteiger charge is 2.38. The van der Waals surface area contributed by atoms with Gasteiger partial charge in [-0.1, -0.05) is 5.21 Å². The predicted octanol–water partition coefficient (Wildman–Crippen LogP) is 1.11. The van der Waals surface area contributed by atoms with Crippen molar-refractivity contribution in [1.29, 1.82) is 0 Å². The summed E-state index contributed by atoms with van der Waals surface area (Å²) in [7, 11) is 0. The molecular formula is C15H15FN4O3. The first-order valence-electron chi connectivity index (χ1n) is 7.42. The molecule has 2 aliphatic heterocycles. The molecule has 4 rings (SSSR count). The van der Waals surface area contributed by atoms with Crippen LogP contribution in [0.4, 0.5) is 4.39 Å². The number of halogens is 1. The van der Waals surface area contributed by atoms with Gasteiger partial charge in [0, 0.05) is 18.7 Å². The van der Waals surface area contributed by atoms with Gasteiger partial charge in [0.1, 0.15) is 0 Å². The molecule has 1 saturated heterocycles. The number of amides is 1. The zero-order chi connectivity index (χ0) is 16.0. The molecule has 1 amide bonds. The van der Waals surface area contributed by atoms with E-state index in [-0.39, 0.29) is 23.6 Å². The van der Waals surface area contributed by atoms with Crippen LogP contribution in [0.1, 0.15) is 28.5 Å². The second kappa shape index (κ2) is 5.31. The Labute approximate surface area is 131 Å². The Bertz CT molecular complexity index is 763. The fraction of sp³-hybridized carbons (Fsp3) is 0.400. The Morgan fingerprint density at radius 3 is 3.13 bits per heavy atom. The number of fused-ring (bicyclic) bond motifs is 3. The van der Waals surface area contributed by atoms with Crippen molar-refractivity contribution in [2.75, 3.05) is 13.1 Å². The molecule has 0 saturated carbocycles. The quantitative estimate of drug-likeness (QED) is 0.852. The van der Waals surface area contributed by atoms with Crippen LogP contribution in [-0.4, -0.2) is 50.1 Å². The topological polar surface area (TPSA) is 80.5 Å². The molecule has 1 aromatic carbocycles. The lowest BCUT2D eigenvalue weighted by molar-refractivity contribution is -0.0605. The number of carbonyl (C=O) groups excluding carboxylic acids is 1. The van der Waals surface area contributed by atoms with Gasteiger partial charge in [-0.25, -0.2) is 9.07 Å². The van der Waals surface area contributed by atoms with E-state index in [1.54, 1.807) is 11.1 Å². The zero-order valence-electron chi connectivity index (χ0n) is 12.2. The molecule has 3 heterocycles. The van der Waals surface area contributed by atoms with Crippen LogP contribution in [0.3, 0.4) is 0 Å². The van der Waals surface area contributed by atoms with Crippen molar-refractivity contribution in [1.82, 2.24) is 19.9 Å². The summed E-state index contributed by atoms with van der Waals surface area (Å²) in [5.41, 5.74) is 1.15. The van der Waals surface area contributed by atoms with E-state index >= 15 is 0 Å². The second-order valence-electron chi connectivity index (χ2n) is 5.79. The van der Waals surface area contributed by atoms with Gasteiger partial charge in [-0.05, 0) is 24.6 Å². The number of aromatic nitrogens is 3. The molecular weight excluding hydrogens is 303 g/mol. The van der Waals surface area contributed by atoms with Crippen LogP contribution < -0.4 is 0 Å². The van der Waals surface area contributed by atoms with Crippen LogP contribution >= 0.6 is 0 Å². The minimum atomic E-state index is -0.742. The van der Waals surface area contributed by atoms with Gasteiger partial charge in [-0.3, -0.25) is 4.79 Å². The first kappa shape index (κ1) is 14.1. The number of benzene rings is 1. The molecule has 2 aromatic rings. The number of hydrogen-bond acceptors (Lipinski definition) is 5. The van der Waals surface area contributed by atoms with E-state index in [1.165, 1.54) is 6.07 Å². The van der Waals surface area contributed by atoms with Gasteiger partial charge in [0.25, 0.3) is 5.91 Å². The average Bonchev–Trinajstić information content (AvgIpc) is 3.05. The van der Waals surface area contributed by atoms with Crippen molar-refractivity contribution >= 4 is 5.91 Å². The maximum atomic E-state index is 13.1. The monoisotopic (exact) mass is 318 g/mol. The molecule has 2 atom stereocenters. The number of piperidine rings is 1. The van der Waals surface area contributed by atoms with Gasteiger partial charge < -0.3 is 14.7 Å². The van der Waals surface area contributed by atoms with Crippen LogP contribution in [0.25, 0.3) is 0 Å². The van der Waals surface area contributed by atoms with Gasteiger partial charge in [-0.2, -0.15) is 0 Å². The molecule has 0 unspecified atom stereocenters. The van der Waals surface area contributed by atoms with Crippen molar-refractivity contribution in [3.05, 3.63) is 41.5 Å². The highest BCUT2D eigenvalue weighted by atomic mass is 19.1. The molecule has 2 aliphatic rings. The first-order chi connectivity index (χ1) is 11.1. The molecule has 1 aromatic heterocycles. The number of aromatic hydroxyl groups is 1. The van der Waals surface area contributed by atoms with Crippen molar-refractivity contribution in [2.45, 2.75) is 25.2 Å². The molecule has 1 fully saturated rings. The van der Waals surface area contributed by atoms with E-state index in [9.17, 15) is 14.3 Å².